The van der Waals surface area contributed by atoms with Gasteiger partial charge in [-0.1, -0.05) is 13.3 Å². The highest BCUT2D eigenvalue weighted by Crippen LogP contribution is 2.22. The summed E-state index contributed by atoms with van der Waals surface area (Å²) in [7, 11) is 0. The second kappa shape index (κ2) is 11.8. The summed E-state index contributed by atoms with van der Waals surface area (Å²) in [5, 5.41) is 17.9. The number of rotatable bonds is 12. The number of hydrogen-bond donors (Lipinski definition) is 6. The summed E-state index contributed by atoms with van der Waals surface area (Å²) in [4.78, 5) is 39.6. The molecule has 0 aliphatic rings. The second-order valence-corrected chi connectivity index (χ2v) is 7.78. The maximum absolute atomic E-state index is 12.3. The van der Waals surface area contributed by atoms with Crippen LogP contribution in [-0.4, -0.2) is 49.5 Å². The van der Waals surface area contributed by atoms with E-state index in [2.05, 4.69) is 49.7 Å². The lowest BCUT2D eigenvalue weighted by Crippen LogP contribution is -2.25. The van der Waals surface area contributed by atoms with E-state index in [0.29, 0.717) is 42.4 Å². The topological polar surface area (TPSA) is 157 Å². The van der Waals surface area contributed by atoms with Crippen LogP contribution in [0.15, 0.2) is 30.6 Å². The highest BCUT2D eigenvalue weighted by atomic mass is 16.5. The van der Waals surface area contributed by atoms with Gasteiger partial charge in [-0.25, -0.2) is 10.5 Å². The molecule has 2 amide bonds. The number of carbonyl (C=O) groups is 2. The van der Waals surface area contributed by atoms with E-state index in [1.54, 1.807) is 36.1 Å². The number of aromatic nitrogens is 4. The largest absolute Gasteiger partial charge is 0.366 e. The van der Waals surface area contributed by atoms with E-state index in [0.717, 1.165) is 24.0 Å². The normalized spacial score (nSPS) is 11.7. The van der Waals surface area contributed by atoms with E-state index in [1.807, 2.05) is 0 Å². The number of carbonyl (C=O) groups excluding carboxylic acids is 2. The number of amides is 2. The minimum atomic E-state index is -0.432. The molecule has 0 radical (unpaired) electrons. The minimum Gasteiger partial charge on any atom is -0.366 e. The molecule has 0 aliphatic carbocycles. The zero-order chi connectivity index (χ0) is 23.6. The molecular weight excluding hydrogens is 424 g/mol. The Morgan fingerprint density at radius 1 is 1.15 bits per heavy atom. The number of hydrogen-bond acceptors (Lipinski definition) is 8. The monoisotopic (exact) mass is 454 g/mol. The van der Waals surface area contributed by atoms with Crippen LogP contribution in [0.5, 0.6) is 0 Å². The molecule has 1 unspecified atom stereocenters. The molecule has 3 aromatic rings. The van der Waals surface area contributed by atoms with Gasteiger partial charge in [0, 0.05) is 30.3 Å². The average Bonchev–Trinajstić information content (AvgIpc) is 3.28. The third kappa shape index (κ3) is 6.88. The fourth-order valence-electron chi connectivity index (χ4n) is 3.34. The molecule has 1 aromatic carbocycles. The first kappa shape index (κ1) is 23.9. The summed E-state index contributed by atoms with van der Waals surface area (Å²) < 4.78 is 0. The SMILES string of the molecule is CCCC(C)Nc1nc(Nc2ccc(C(=O)NCCCCC(=O)NO)cc2)nc2nc[nH]c12. The van der Waals surface area contributed by atoms with Crippen LogP contribution in [0, 0.1) is 0 Å². The Labute approximate surface area is 191 Å². The third-order valence-corrected chi connectivity index (χ3v) is 5.03. The number of hydroxylamine groups is 1. The molecule has 0 saturated carbocycles. The fourth-order valence-corrected chi connectivity index (χ4v) is 3.34. The molecular formula is C22H30N8O3. The van der Waals surface area contributed by atoms with Crippen LogP contribution in [0.2, 0.25) is 0 Å². The Hall–Kier alpha value is -3.73. The molecule has 2 heterocycles. The molecule has 2 aromatic heterocycles. The van der Waals surface area contributed by atoms with Crippen molar-refractivity contribution in [3.8, 4) is 0 Å². The van der Waals surface area contributed by atoms with Crippen LogP contribution in [0.3, 0.4) is 0 Å². The summed E-state index contributed by atoms with van der Waals surface area (Å²) in [5.74, 6) is 0.468. The number of nitrogens with one attached hydrogen (secondary N) is 5. The number of aromatic amines is 1. The highest BCUT2D eigenvalue weighted by molar-refractivity contribution is 5.94. The molecule has 11 nitrogen and oxygen atoms in total. The van der Waals surface area contributed by atoms with E-state index in [1.165, 1.54) is 0 Å². The maximum atomic E-state index is 12.3. The van der Waals surface area contributed by atoms with Crippen molar-refractivity contribution in [2.45, 2.75) is 52.0 Å². The van der Waals surface area contributed by atoms with Gasteiger partial charge in [0.15, 0.2) is 11.5 Å². The smallest absolute Gasteiger partial charge is 0.251 e. The average molecular weight is 455 g/mol. The van der Waals surface area contributed by atoms with Gasteiger partial charge in [-0.15, -0.1) is 0 Å². The first-order valence-corrected chi connectivity index (χ1v) is 11.1. The lowest BCUT2D eigenvalue weighted by Gasteiger charge is -2.15. The van der Waals surface area contributed by atoms with Crippen molar-refractivity contribution in [3.63, 3.8) is 0 Å². The highest BCUT2D eigenvalue weighted by Gasteiger charge is 2.13. The molecule has 33 heavy (non-hydrogen) atoms. The third-order valence-electron chi connectivity index (χ3n) is 5.03. The molecule has 0 fully saturated rings. The van der Waals surface area contributed by atoms with Gasteiger partial charge in [-0.05, 0) is 50.5 Å². The number of fused-ring (bicyclic) bond motifs is 1. The number of benzene rings is 1. The first-order valence-electron chi connectivity index (χ1n) is 11.1. The van der Waals surface area contributed by atoms with Gasteiger partial charge in [0.25, 0.3) is 5.91 Å². The van der Waals surface area contributed by atoms with Gasteiger partial charge in [-0.3, -0.25) is 14.8 Å². The molecule has 6 N–H and O–H groups in total. The summed E-state index contributed by atoms with van der Waals surface area (Å²) in [6.45, 7) is 4.69. The molecule has 176 valence electrons. The quantitative estimate of drug-likeness (QED) is 0.138. The zero-order valence-corrected chi connectivity index (χ0v) is 18.8. The predicted molar refractivity (Wildman–Crippen MR) is 126 cm³/mol. The molecule has 0 aliphatic heterocycles. The standard InChI is InChI=1S/C22H30N8O3/c1-3-6-14(2)26-20-18-19(25-13-24-18)28-22(29-20)27-16-10-8-15(9-11-16)21(32)23-12-5-4-7-17(31)30-33/h8-11,13-14,33H,3-7,12H2,1-2H3,(H,23,32)(H,30,31)(H3,24,25,26,27,28,29). The Bertz CT molecular complexity index is 1070. The number of unbranched alkanes of at least 4 members (excludes halogenated alkanes) is 1. The van der Waals surface area contributed by atoms with Gasteiger partial charge in [-0.2, -0.15) is 9.97 Å². The molecule has 3 rings (SSSR count). The van der Waals surface area contributed by atoms with Crippen molar-refractivity contribution in [1.29, 1.82) is 0 Å². The van der Waals surface area contributed by atoms with Crippen LogP contribution in [-0.2, 0) is 4.79 Å². The van der Waals surface area contributed by atoms with E-state index in [4.69, 9.17) is 5.21 Å². The molecule has 11 heteroatoms. The van der Waals surface area contributed by atoms with Crippen molar-refractivity contribution < 1.29 is 14.8 Å². The van der Waals surface area contributed by atoms with Crippen molar-refractivity contribution in [3.05, 3.63) is 36.2 Å². The van der Waals surface area contributed by atoms with E-state index < -0.39 is 5.91 Å². The van der Waals surface area contributed by atoms with Gasteiger partial charge in [0.1, 0.15) is 5.52 Å². The Morgan fingerprint density at radius 3 is 2.67 bits per heavy atom. The van der Waals surface area contributed by atoms with Crippen molar-refractivity contribution in [2.75, 3.05) is 17.2 Å². The predicted octanol–water partition coefficient (Wildman–Crippen LogP) is 3.10. The van der Waals surface area contributed by atoms with Crippen LogP contribution in [0.1, 0.15) is 56.3 Å². The zero-order valence-electron chi connectivity index (χ0n) is 18.8. The lowest BCUT2D eigenvalue weighted by atomic mass is 10.2. The summed E-state index contributed by atoms with van der Waals surface area (Å²) in [6, 6.07) is 7.25. The van der Waals surface area contributed by atoms with Crippen molar-refractivity contribution in [1.82, 2.24) is 30.7 Å². The fraction of sp³-hybridized carbons (Fsp3) is 0.409. The van der Waals surface area contributed by atoms with Gasteiger partial charge >= 0.3 is 0 Å². The number of anilines is 3. The molecule has 0 saturated heterocycles. The lowest BCUT2D eigenvalue weighted by molar-refractivity contribution is -0.129. The number of imidazole rings is 1. The van der Waals surface area contributed by atoms with Crippen molar-refractivity contribution >= 4 is 40.4 Å². The molecule has 0 bridgehead atoms. The Balaban J connectivity index is 1.59. The van der Waals surface area contributed by atoms with Gasteiger partial charge in [0.2, 0.25) is 11.9 Å². The van der Waals surface area contributed by atoms with Crippen LogP contribution < -0.4 is 21.4 Å². The summed E-state index contributed by atoms with van der Waals surface area (Å²) in [5.41, 5.74) is 4.17. The van der Waals surface area contributed by atoms with Gasteiger partial charge in [0.05, 0.1) is 6.33 Å². The number of nitrogens with zero attached hydrogens (tertiary/aromatic N) is 3. The van der Waals surface area contributed by atoms with Crippen LogP contribution >= 0.6 is 0 Å². The molecule has 1 atom stereocenters. The van der Waals surface area contributed by atoms with Crippen LogP contribution in [0.4, 0.5) is 17.5 Å². The summed E-state index contributed by atoms with van der Waals surface area (Å²) >= 11 is 0. The minimum absolute atomic E-state index is 0.196. The van der Waals surface area contributed by atoms with E-state index in [-0.39, 0.29) is 18.4 Å². The first-order chi connectivity index (χ1) is 16.0. The Kier molecular flexibility index (Phi) is 8.53. The Morgan fingerprint density at radius 2 is 1.94 bits per heavy atom. The van der Waals surface area contributed by atoms with Crippen LogP contribution in [0.25, 0.3) is 11.2 Å². The molecule has 0 spiro atoms. The summed E-state index contributed by atoms with van der Waals surface area (Å²) in [6.07, 6.45) is 5.10. The van der Waals surface area contributed by atoms with E-state index >= 15 is 0 Å². The van der Waals surface area contributed by atoms with Crippen molar-refractivity contribution in [2.24, 2.45) is 0 Å². The van der Waals surface area contributed by atoms with E-state index in [9.17, 15) is 9.59 Å². The second-order valence-electron chi connectivity index (χ2n) is 7.78. The number of H-pyrrole nitrogens is 1. The maximum Gasteiger partial charge on any atom is 0.251 e. The van der Waals surface area contributed by atoms with Gasteiger partial charge < -0.3 is 20.9 Å².